The number of amides is 1. The molecular formula is C17H26N2O2. The van der Waals surface area contributed by atoms with Gasteiger partial charge in [-0.1, -0.05) is 37.3 Å². The first-order valence-electron chi connectivity index (χ1n) is 7.87. The molecule has 1 aliphatic rings. The zero-order valence-electron chi connectivity index (χ0n) is 12.9. The van der Waals surface area contributed by atoms with Crippen molar-refractivity contribution in [2.24, 2.45) is 5.41 Å². The fourth-order valence-electron chi connectivity index (χ4n) is 2.59. The second kappa shape index (κ2) is 8.15. The summed E-state index contributed by atoms with van der Waals surface area (Å²) in [5.41, 5.74) is 0.950. The first-order valence-corrected chi connectivity index (χ1v) is 7.87. The van der Waals surface area contributed by atoms with E-state index in [0.29, 0.717) is 6.54 Å². The van der Waals surface area contributed by atoms with Gasteiger partial charge in [0, 0.05) is 32.8 Å². The van der Waals surface area contributed by atoms with Gasteiger partial charge in [-0.2, -0.15) is 0 Å². The molecule has 1 aliphatic heterocycles. The van der Waals surface area contributed by atoms with Crippen LogP contribution < -0.4 is 10.6 Å². The third kappa shape index (κ3) is 4.55. The zero-order valence-corrected chi connectivity index (χ0v) is 12.9. The highest BCUT2D eigenvalue weighted by molar-refractivity contribution is 5.84. The molecule has 1 aromatic carbocycles. The van der Waals surface area contributed by atoms with E-state index in [4.69, 9.17) is 4.74 Å². The van der Waals surface area contributed by atoms with Crippen LogP contribution in [0.2, 0.25) is 0 Å². The van der Waals surface area contributed by atoms with Crippen LogP contribution in [0.15, 0.2) is 30.3 Å². The Morgan fingerprint density at radius 1 is 1.29 bits per heavy atom. The lowest BCUT2D eigenvalue weighted by molar-refractivity contribution is -0.134. The van der Waals surface area contributed by atoms with Crippen molar-refractivity contribution in [3.63, 3.8) is 0 Å². The number of carbonyl (C=O) groups excluding carboxylic acids is 1. The highest BCUT2D eigenvalue weighted by Crippen LogP contribution is 2.28. The van der Waals surface area contributed by atoms with Crippen LogP contribution in [-0.2, 0) is 16.0 Å². The van der Waals surface area contributed by atoms with Gasteiger partial charge in [0.15, 0.2) is 0 Å². The van der Waals surface area contributed by atoms with Crippen LogP contribution in [0.25, 0.3) is 0 Å². The van der Waals surface area contributed by atoms with E-state index in [0.717, 1.165) is 45.6 Å². The molecule has 0 saturated carbocycles. The zero-order chi connectivity index (χ0) is 15.0. The first-order chi connectivity index (χ1) is 10.3. The minimum atomic E-state index is -0.272. The highest BCUT2D eigenvalue weighted by atomic mass is 16.5. The lowest BCUT2D eigenvalue weighted by Crippen LogP contribution is -2.62. The lowest BCUT2D eigenvalue weighted by Gasteiger charge is -2.41. The van der Waals surface area contributed by atoms with Crippen LogP contribution in [0.4, 0.5) is 0 Å². The average molecular weight is 290 g/mol. The number of rotatable bonds is 9. The molecular weight excluding hydrogens is 264 g/mol. The number of hydrogen-bond acceptors (Lipinski definition) is 3. The molecule has 1 aromatic rings. The Balaban J connectivity index is 1.76. The molecule has 0 unspecified atom stereocenters. The Bertz CT molecular complexity index is 430. The quantitative estimate of drug-likeness (QED) is 0.681. The van der Waals surface area contributed by atoms with E-state index in [1.54, 1.807) is 0 Å². The minimum Gasteiger partial charge on any atom is -0.381 e. The summed E-state index contributed by atoms with van der Waals surface area (Å²) in [6.45, 7) is 5.84. The molecule has 0 aliphatic carbocycles. The Labute approximate surface area is 127 Å². The molecule has 1 fully saturated rings. The van der Waals surface area contributed by atoms with E-state index >= 15 is 0 Å². The van der Waals surface area contributed by atoms with Crippen molar-refractivity contribution >= 4 is 5.91 Å². The van der Waals surface area contributed by atoms with Crippen molar-refractivity contribution in [1.82, 2.24) is 10.6 Å². The Morgan fingerprint density at radius 2 is 2.05 bits per heavy atom. The Kier molecular flexibility index (Phi) is 6.21. The van der Waals surface area contributed by atoms with Crippen LogP contribution in [-0.4, -0.2) is 38.8 Å². The molecule has 4 heteroatoms. The molecule has 0 radical (unpaired) electrons. The van der Waals surface area contributed by atoms with Crippen molar-refractivity contribution in [1.29, 1.82) is 0 Å². The predicted molar refractivity (Wildman–Crippen MR) is 84.2 cm³/mol. The molecule has 0 aromatic heterocycles. The molecule has 2 N–H and O–H groups in total. The van der Waals surface area contributed by atoms with Gasteiger partial charge in [-0.15, -0.1) is 0 Å². The largest absolute Gasteiger partial charge is 0.381 e. The molecule has 1 heterocycles. The summed E-state index contributed by atoms with van der Waals surface area (Å²) in [5.74, 6) is 0.167. The fourth-order valence-corrected chi connectivity index (χ4v) is 2.59. The third-order valence-electron chi connectivity index (χ3n) is 3.89. The van der Waals surface area contributed by atoms with Gasteiger partial charge in [0.1, 0.15) is 0 Å². The second-order valence-corrected chi connectivity index (χ2v) is 5.77. The number of benzene rings is 1. The summed E-state index contributed by atoms with van der Waals surface area (Å²) >= 11 is 0. The van der Waals surface area contributed by atoms with Crippen LogP contribution in [0, 0.1) is 5.41 Å². The Hall–Kier alpha value is -1.39. The van der Waals surface area contributed by atoms with Crippen molar-refractivity contribution in [2.45, 2.75) is 26.2 Å². The SMILES string of the molecule is CCCOCCCNC(=O)C1(Cc2ccccc2)CNC1. The first kappa shape index (κ1) is 16.0. The van der Waals surface area contributed by atoms with Gasteiger partial charge >= 0.3 is 0 Å². The maximum Gasteiger partial charge on any atom is 0.229 e. The standard InChI is InChI=1S/C17H26N2O2/c1-2-10-21-11-6-9-19-16(20)17(13-18-14-17)12-15-7-4-3-5-8-15/h3-5,7-8,18H,2,6,9-14H2,1H3,(H,19,20). The summed E-state index contributed by atoms with van der Waals surface area (Å²) < 4.78 is 5.42. The van der Waals surface area contributed by atoms with E-state index in [-0.39, 0.29) is 11.3 Å². The number of hydrogen-bond donors (Lipinski definition) is 2. The van der Waals surface area contributed by atoms with E-state index < -0.39 is 0 Å². The van der Waals surface area contributed by atoms with E-state index in [1.165, 1.54) is 5.56 Å². The number of carbonyl (C=O) groups is 1. The van der Waals surface area contributed by atoms with E-state index in [1.807, 2.05) is 18.2 Å². The molecule has 116 valence electrons. The molecule has 1 amide bonds. The summed E-state index contributed by atoms with van der Waals surface area (Å²) in [5, 5.41) is 6.30. The molecule has 0 spiro atoms. The van der Waals surface area contributed by atoms with Crippen molar-refractivity contribution < 1.29 is 9.53 Å². The maximum absolute atomic E-state index is 12.4. The lowest BCUT2D eigenvalue weighted by atomic mass is 9.75. The molecule has 4 nitrogen and oxygen atoms in total. The van der Waals surface area contributed by atoms with Gasteiger partial charge in [0.05, 0.1) is 5.41 Å². The van der Waals surface area contributed by atoms with Gasteiger partial charge in [-0.25, -0.2) is 0 Å². The van der Waals surface area contributed by atoms with Crippen LogP contribution in [0.1, 0.15) is 25.3 Å². The van der Waals surface area contributed by atoms with E-state index in [2.05, 4.69) is 29.7 Å². The Morgan fingerprint density at radius 3 is 2.67 bits per heavy atom. The summed E-state index contributed by atoms with van der Waals surface area (Å²) in [6, 6.07) is 10.2. The van der Waals surface area contributed by atoms with Crippen LogP contribution in [0.5, 0.6) is 0 Å². The van der Waals surface area contributed by atoms with Crippen LogP contribution >= 0.6 is 0 Å². The smallest absolute Gasteiger partial charge is 0.229 e. The van der Waals surface area contributed by atoms with Gasteiger partial charge in [-0.05, 0) is 24.8 Å². The normalized spacial score (nSPS) is 16.2. The summed E-state index contributed by atoms with van der Waals surface area (Å²) in [4.78, 5) is 12.4. The average Bonchev–Trinajstić information content (AvgIpc) is 2.47. The number of nitrogens with one attached hydrogen (secondary N) is 2. The van der Waals surface area contributed by atoms with Gasteiger partial charge in [-0.3, -0.25) is 4.79 Å². The minimum absolute atomic E-state index is 0.167. The van der Waals surface area contributed by atoms with Gasteiger partial charge < -0.3 is 15.4 Å². The van der Waals surface area contributed by atoms with Gasteiger partial charge in [0.2, 0.25) is 5.91 Å². The van der Waals surface area contributed by atoms with Crippen molar-refractivity contribution in [2.75, 3.05) is 32.8 Å². The second-order valence-electron chi connectivity index (χ2n) is 5.77. The predicted octanol–water partition coefficient (Wildman–Crippen LogP) is 1.75. The van der Waals surface area contributed by atoms with Crippen molar-refractivity contribution in [3.8, 4) is 0 Å². The summed E-state index contributed by atoms with van der Waals surface area (Å²) in [7, 11) is 0. The molecule has 21 heavy (non-hydrogen) atoms. The summed E-state index contributed by atoms with van der Waals surface area (Å²) in [6.07, 6.45) is 2.72. The van der Waals surface area contributed by atoms with Gasteiger partial charge in [0.25, 0.3) is 0 Å². The van der Waals surface area contributed by atoms with Crippen LogP contribution in [0.3, 0.4) is 0 Å². The molecule has 0 bridgehead atoms. The fraction of sp³-hybridized carbons (Fsp3) is 0.588. The topological polar surface area (TPSA) is 50.4 Å². The highest BCUT2D eigenvalue weighted by Gasteiger charge is 2.43. The molecule has 2 rings (SSSR count). The number of ether oxygens (including phenoxy) is 1. The molecule has 0 atom stereocenters. The monoisotopic (exact) mass is 290 g/mol. The van der Waals surface area contributed by atoms with E-state index in [9.17, 15) is 4.79 Å². The maximum atomic E-state index is 12.4. The van der Waals surface area contributed by atoms with Crippen molar-refractivity contribution in [3.05, 3.63) is 35.9 Å². The third-order valence-corrected chi connectivity index (χ3v) is 3.89. The molecule has 1 saturated heterocycles.